The predicted molar refractivity (Wildman–Crippen MR) is 110 cm³/mol. The van der Waals surface area contributed by atoms with Crippen LogP contribution in [0.5, 0.6) is 0 Å². The SMILES string of the molecule is C[C@]1(CS(=O)(=O)N2CCc3cc(-c4cncnc4C4CC4)ncc3C2)NC(=O)NC1=O. The van der Waals surface area contributed by atoms with Crippen molar-refractivity contribution in [3.8, 4) is 11.3 Å². The molecule has 3 aliphatic rings. The molecule has 11 heteroatoms. The van der Waals surface area contributed by atoms with E-state index in [-0.39, 0.29) is 6.54 Å². The van der Waals surface area contributed by atoms with Gasteiger partial charge >= 0.3 is 6.03 Å². The zero-order valence-electron chi connectivity index (χ0n) is 17.0. The second kappa shape index (κ2) is 7.06. The van der Waals surface area contributed by atoms with Crippen LogP contribution < -0.4 is 10.6 Å². The number of sulfonamides is 1. The summed E-state index contributed by atoms with van der Waals surface area (Å²) in [6.07, 6.45) is 7.84. The van der Waals surface area contributed by atoms with E-state index < -0.39 is 33.3 Å². The molecule has 0 radical (unpaired) electrons. The molecular weight excluding hydrogens is 420 g/mol. The standard InChI is InChI=1S/C20H22N6O4S/c1-20(18(27)24-19(28)25-20)10-31(29,30)26-5-4-13-6-16(22-7-14(13)9-26)15-8-21-11-23-17(15)12-2-3-12/h6-8,11-12H,2-5,9-10H2,1H3,(H2,24,25,27,28)/t20-/m1/s1. The largest absolute Gasteiger partial charge is 0.322 e. The highest BCUT2D eigenvalue weighted by Gasteiger charge is 2.46. The van der Waals surface area contributed by atoms with E-state index in [2.05, 4.69) is 25.6 Å². The molecule has 2 fully saturated rings. The smallest absolute Gasteiger partial charge is 0.322 e. The number of fused-ring (bicyclic) bond motifs is 1. The Balaban J connectivity index is 1.37. The van der Waals surface area contributed by atoms with Gasteiger partial charge in [-0.25, -0.2) is 23.2 Å². The molecule has 3 amide bonds. The van der Waals surface area contributed by atoms with Gasteiger partial charge in [-0.3, -0.25) is 15.1 Å². The lowest BCUT2D eigenvalue weighted by atomic mass is 9.99. The third-order valence-electron chi connectivity index (χ3n) is 6.03. The van der Waals surface area contributed by atoms with Crippen LogP contribution in [0.3, 0.4) is 0 Å². The zero-order valence-corrected chi connectivity index (χ0v) is 17.8. The first kappa shape index (κ1) is 20.0. The molecule has 2 aliphatic heterocycles. The van der Waals surface area contributed by atoms with Crippen molar-refractivity contribution in [3.63, 3.8) is 0 Å². The summed E-state index contributed by atoms with van der Waals surface area (Å²) in [5, 5.41) is 4.50. The average Bonchev–Trinajstić information content (AvgIpc) is 3.54. The van der Waals surface area contributed by atoms with Gasteiger partial charge in [0, 0.05) is 37.0 Å². The molecule has 31 heavy (non-hydrogen) atoms. The lowest BCUT2D eigenvalue weighted by molar-refractivity contribution is -0.122. The highest BCUT2D eigenvalue weighted by Crippen LogP contribution is 2.42. The van der Waals surface area contributed by atoms with Crippen LogP contribution in [-0.2, 0) is 27.8 Å². The van der Waals surface area contributed by atoms with Crippen molar-refractivity contribution in [1.29, 1.82) is 0 Å². The van der Waals surface area contributed by atoms with E-state index in [4.69, 9.17) is 0 Å². The third kappa shape index (κ3) is 3.68. The molecular formula is C20H22N6O4S. The van der Waals surface area contributed by atoms with Crippen LogP contribution in [-0.4, -0.2) is 57.4 Å². The summed E-state index contributed by atoms with van der Waals surface area (Å²) < 4.78 is 27.3. The molecule has 1 aliphatic carbocycles. The first-order valence-corrected chi connectivity index (χ1v) is 11.8. The lowest BCUT2D eigenvalue weighted by Gasteiger charge is -2.31. The van der Waals surface area contributed by atoms with Crippen LogP contribution in [0.15, 0.2) is 24.8 Å². The maximum absolute atomic E-state index is 13.0. The van der Waals surface area contributed by atoms with Crippen molar-refractivity contribution in [2.75, 3.05) is 12.3 Å². The maximum atomic E-state index is 13.0. The van der Waals surface area contributed by atoms with Gasteiger partial charge in [-0.05, 0) is 43.4 Å². The molecule has 4 heterocycles. The van der Waals surface area contributed by atoms with Gasteiger partial charge in [0.15, 0.2) is 0 Å². The molecule has 162 valence electrons. The molecule has 1 saturated heterocycles. The number of aromatic nitrogens is 3. The van der Waals surface area contributed by atoms with Crippen molar-refractivity contribution < 1.29 is 18.0 Å². The third-order valence-corrected chi connectivity index (χ3v) is 8.07. The van der Waals surface area contributed by atoms with Gasteiger partial charge in [-0.1, -0.05) is 0 Å². The first-order valence-electron chi connectivity index (χ1n) is 10.1. The Morgan fingerprint density at radius 3 is 2.71 bits per heavy atom. The van der Waals surface area contributed by atoms with Crippen molar-refractivity contribution in [3.05, 3.63) is 41.6 Å². The molecule has 2 aromatic rings. The zero-order chi connectivity index (χ0) is 21.8. The lowest BCUT2D eigenvalue weighted by Crippen LogP contribution is -2.53. The van der Waals surface area contributed by atoms with E-state index >= 15 is 0 Å². The minimum absolute atomic E-state index is 0.178. The Hall–Kier alpha value is -2.92. The Morgan fingerprint density at radius 2 is 2.00 bits per heavy atom. The molecule has 0 unspecified atom stereocenters. The summed E-state index contributed by atoms with van der Waals surface area (Å²) >= 11 is 0. The summed E-state index contributed by atoms with van der Waals surface area (Å²) in [5.41, 5.74) is 3.14. The number of urea groups is 1. The van der Waals surface area contributed by atoms with Gasteiger partial charge in [0.1, 0.15) is 11.9 Å². The summed E-state index contributed by atoms with van der Waals surface area (Å²) in [7, 11) is -3.79. The van der Waals surface area contributed by atoms with Gasteiger partial charge in [-0.2, -0.15) is 4.31 Å². The molecule has 1 atom stereocenters. The van der Waals surface area contributed by atoms with Gasteiger partial charge in [0.25, 0.3) is 5.91 Å². The maximum Gasteiger partial charge on any atom is 0.322 e. The number of hydrogen-bond donors (Lipinski definition) is 2. The molecule has 2 N–H and O–H groups in total. The quantitative estimate of drug-likeness (QED) is 0.651. The molecule has 2 aromatic heterocycles. The Kier molecular flexibility index (Phi) is 4.56. The minimum Gasteiger partial charge on any atom is -0.322 e. The molecule has 10 nitrogen and oxygen atoms in total. The summed E-state index contributed by atoms with van der Waals surface area (Å²) in [4.78, 5) is 36.6. The van der Waals surface area contributed by atoms with Crippen molar-refractivity contribution in [1.82, 2.24) is 29.9 Å². The monoisotopic (exact) mass is 442 g/mol. The van der Waals surface area contributed by atoms with Gasteiger partial charge in [0.2, 0.25) is 10.0 Å². The van der Waals surface area contributed by atoms with Gasteiger partial charge < -0.3 is 5.32 Å². The van der Waals surface area contributed by atoms with Crippen LogP contribution in [0.2, 0.25) is 0 Å². The Morgan fingerprint density at radius 1 is 1.19 bits per heavy atom. The molecule has 1 saturated carbocycles. The highest BCUT2D eigenvalue weighted by molar-refractivity contribution is 7.89. The number of carbonyl (C=O) groups is 2. The number of carbonyl (C=O) groups excluding carboxylic acids is 2. The van der Waals surface area contributed by atoms with Crippen molar-refractivity contribution in [2.45, 2.75) is 44.2 Å². The van der Waals surface area contributed by atoms with Crippen LogP contribution in [0.25, 0.3) is 11.3 Å². The van der Waals surface area contributed by atoms with Crippen molar-refractivity contribution >= 4 is 22.0 Å². The number of imide groups is 1. The van der Waals surface area contributed by atoms with E-state index in [0.717, 1.165) is 40.9 Å². The summed E-state index contributed by atoms with van der Waals surface area (Å²) in [6.45, 7) is 1.89. The van der Waals surface area contributed by atoms with E-state index in [9.17, 15) is 18.0 Å². The van der Waals surface area contributed by atoms with E-state index in [1.54, 1.807) is 18.7 Å². The summed E-state index contributed by atoms with van der Waals surface area (Å²) in [5.74, 6) is -0.669. The normalized spacial score (nSPS) is 23.9. The fraction of sp³-hybridized carbons (Fsp3) is 0.450. The predicted octanol–water partition coefficient (Wildman–Crippen LogP) is 0.702. The van der Waals surface area contributed by atoms with Gasteiger partial charge in [0.05, 0.1) is 17.1 Å². The Labute approximate surface area is 179 Å². The molecule has 0 aromatic carbocycles. The van der Waals surface area contributed by atoms with Crippen LogP contribution in [0.1, 0.15) is 42.5 Å². The average molecular weight is 443 g/mol. The number of hydrogen-bond acceptors (Lipinski definition) is 7. The number of nitrogens with zero attached hydrogens (tertiary/aromatic N) is 4. The second-order valence-electron chi connectivity index (χ2n) is 8.51. The number of nitrogens with one attached hydrogen (secondary N) is 2. The topological polar surface area (TPSA) is 134 Å². The van der Waals surface area contributed by atoms with E-state index in [0.29, 0.717) is 18.9 Å². The second-order valence-corrected chi connectivity index (χ2v) is 10.5. The van der Waals surface area contributed by atoms with E-state index in [1.807, 2.05) is 6.07 Å². The summed E-state index contributed by atoms with van der Waals surface area (Å²) in [6, 6.07) is 1.31. The Bertz CT molecular complexity index is 1200. The fourth-order valence-electron chi connectivity index (χ4n) is 4.16. The molecule has 5 rings (SSSR count). The molecule has 0 spiro atoms. The van der Waals surface area contributed by atoms with E-state index in [1.165, 1.54) is 11.2 Å². The van der Waals surface area contributed by atoms with Gasteiger partial charge in [-0.15, -0.1) is 0 Å². The van der Waals surface area contributed by atoms with Crippen LogP contribution in [0, 0.1) is 0 Å². The number of pyridine rings is 1. The van der Waals surface area contributed by atoms with Crippen LogP contribution >= 0.6 is 0 Å². The molecule has 0 bridgehead atoms. The minimum atomic E-state index is -3.79. The number of rotatable bonds is 5. The van der Waals surface area contributed by atoms with Crippen LogP contribution in [0.4, 0.5) is 4.79 Å². The number of amides is 3. The highest BCUT2D eigenvalue weighted by atomic mass is 32.2. The van der Waals surface area contributed by atoms with Crippen molar-refractivity contribution in [2.24, 2.45) is 0 Å². The fourth-order valence-corrected chi connectivity index (χ4v) is 5.98. The first-order chi connectivity index (χ1) is 14.7.